The number of piperidine rings is 1. The molecular weight excluding hydrogens is 344 g/mol. The van der Waals surface area contributed by atoms with Crippen LogP contribution in [0.15, 0.2) is 30.3 Å². The number of carbonyl (C=O) groups excluding carboxylic acids is 2. The SMILES string of the molecule is CC(C)(C)OC(=O)N1CCCC[C@H]1C(=O)N1CCO[C@@H](c2ccccc2)C1. The van der Waals surface area contributed by atoms with Gasteiger partial charge >= 0.3 is 6.09 Å². The zero-order valence-corrected chi connectivity index (χ0v) is 16.5. The highest BCUT2D eigenvalue weighted by atomic mass is 16.6. The zero-order valence-electron chi connectivity index (χ0n) is 16.5. The molecule has 0 spiro atoms. The summed E-state index contributed by atoms with van der Waals surface area (Å²) in [6.07, 6.45) is 2.02. The average molecular weight is 374 g/mol. The minimum absolute atomic E-state index is 0.00444. The Labute approximate surface area is 161 Å². The molecular formula is C21H30N2O4. The lowest BCUT2D eigenvalue weighted by molar-refractivity contribution is -0.145. The number of carbonyl (C=O) groups is 2. The van der Waals surface area contributed by atoms with Crippen LogP contribution >= 0.6 is 0 Å². The van der Waals surface area contributed by atoms with E-state index in [1.165, 1.54) is 0 Å². The molecule has 6 heteroatoms. The first-order valence-corrected chi connectivity index (χ1v) is 9.80. The third-order valence-corrected chi connectivity index (χ3v) is 4.97. The molecule has 2 atom stereocenters. The average Bonchev–Trinajstić information content (AvgIpc) is 2.67. The highest BCUT2D eigenvalue weighted by Crippen LogP contribution is 2.26. The Bertz CT molecular complexity index is 656. The van der Waals surface area contributed by atoms with Crippen LogP contribution in [-0.2, 0) is 14.3 Å². The molecule has 27 heavy (non-hydrogen) atoms. The number of rotatable bonds is 2. The van der Waals surface area contributed by atoms with Crippen molar-refractivity contribution in [2.75, 3.05) is 26.2 Å². The lowest BCUT2D eigenvalue weighted by atomic mass is 10.0. The van der Waals surface area contributed by atoms with E-state index in [9.17, 15) is 9.59 Å². The summed E-state index contributed by atoms with van der Waals surface area (Å²) in [5.41, 5.74) is 0.502. The van der Waals surface area contributed by atoms with Gasteiger partial charge in [-0.25, -0.2) is 4.79 Å². The lowest BCUT2D eigenvalue weighted by Crippen LogP contribution is -2.56. The summed E-state index contributed by atoms with van der Waals surface area (Å²) < 4.78 is 11.4. The van der Waals surface area contributed by atoms with Gasteiger partial charge in [-0.3, -0.25) is 9.69 Å². The Morgan fingerprint density at radius 3 is 2.56 bits per heavy atom. The van der Waals surface area contributed by atoms with Gasteiger partial charge in [0.25, 0.3) is 0 Å². The molecule has 0 saturated carbocycles. The number of likely N-dealkylation sites (tertiary alicyclic amines) is 1. The van der Waals surface area contributed by atoms with E-state index in [1.807, 2.05) is 56.0 Å². The second-order valence-electron chi connectivity index (χ2n) is 8.24. The molecule has 148 valence electrons. The first-order valence-electron chi connectivity index (χ1n) is 9.80. The van der Waals surface area contributed by atoms with E-state index >= 15 is 0 Å². The van der Waals surface area contributed by atoms with E-state index in [2.05, 4.69) is 0 Å². The van der Waals surface area contributed by atoms with E-state index < -0.39 is 17.7 Å². The molecule has 0 aliphatic carbocycles. The number of ether oxygens (including phenoxy) is 2. The van der Waals surface area contributed by atoms with Crippen LogP contribution in [0.5, 0.6) is 0 Å². The highest BCUT2D eigenvalue weighted by molar-refractivity contribution is 5.86. The van der Waals surface area contributed by atoms with E-state index in [0.717, 1.165) is 18.4 Å². The molecule has 6 nitrogen and oxygen atoms in total. The van der Waals surface area contributed by atoms with Gasteiger partial charge in [0, 0.05) is 13.1 Å². The molecule has 0 radical (unpaired) electrons. The Hall–Kier alpha value is -2.08. The van der Waals surface area contributed by atoms with Crippen molar-refractivity contribution in [1.82, 2.24) is 9.80 Å². The molecule has 1 aromatic rings. The van der Waals surface area contributed by atoms with Crippen LogP contribution in [-0.4, -0.2) is 59.7 Å². The number of amides is 2. The molecule has 2 aliphatic rings. The summed E-state index contributed by atoms with van der Waals surface area (Å²) in [4.78, 5) is 29.3. The van der Waals surface area contributed by atoms with Crippen LogP contribution in [0.4, 0.5) is 4.79 Å². The van der Waals surface area contributed by atoms with Gasteiger partial charge in [0.05, 0.1) is 13.2 Å². The molecule has 2 amide bonds. The quantitative estimate of drug-likeness (QED) is 0.796. The monoisotopic (exact) mass is 374 g/mol. The fourth-order valence-electron chi connectivity index (χ4n) is 3.66. The maximum Gasteiger partial charge on any atom is 0.410 e. The largest absolute Gasteiger partial charge is 0.444 e. The van der Waals surface area contributed by atoms with Crippen molar-refractivity contribution in [3.8, 4) is 0 Å². The molecule has 1 aromatic carbocycles. The van der Waals surface area contributed by atoms with Gasteiger partial charge in [-0.1, -0.05) is 30.3 Å². The van der Waals surface area contributed by atoms with Gasteiger partial charge in [-0.05, 0) is 45.6 Å². The number of nitrogens with zero attached hydrogens (tertiary/aromatic N) is 2. The number of benzene rings is 1. The summed E-state index contributed by atoms with van der Waals surface area (Å²) in [5.74, 6) is 0.00444. The second kappa shape index (κ2) is 8.30. The molecule has 2 saturated heterocycles. The highest BCUT2D eigenvalue weighted by Gasteiger charge is 2.38. The van der Waals surface area contributed by atoms with Crippen molar-refractivity contribution in [2.45, 2.75) is 57.8 Å². The van der Waals surface area contributed by atoms with Crippen LogP contribution in [0.3, 0.4) is 0 Å². The van der Waals surface area contributed by atoms with E-state index in [0.29, 0.717) is 32.7 Å². The summed E-state index contributed by atoms with van der Waals surface area (Å²) in [6.45, 7) is 7.68. The van der Waals surface area contributed by atoms with Gasteiger partial charge < -0.3 is 14.4 Å². The molecule has 3 rings (SSSR count). The second-order valence-corrected chi connectivity index (χ2v) is 8.24. The lowest BCUT2D eigenvalue weighted by Gasteiger charge is -2.40. The third kappa shape index (κ3) is 5.01. The Morgan fingerprint density at radius 2 is 1.85 bits per heavy atom. The van der Waals surface area contributed by atoms with Crippen LogP contribution < -0.4 is 0 Å². The Morgan fingerprint density at radius 1 is 1.11 bits per heavy atom. The maximum atomic E-state index is 13.2. The van der Waals surface area contributed by atoms with Gasteiger partial charge in [-0.15, -0.1) is 0 Å². The van der Waals surface area contributed by atoms with Crippen molar-refractivity contribution < 1.29 is 19.1 Å². The van der Waals surface area contributed by atoms with Crippen LogP contribution in [0.2, 0.25) is 0 Å². The molecule has 0 bridgehead atoms. The summed E-state index contributed by atoms with van der Waals surface area (Å²) >= 11 is 0. The first-order chi connectivity index (χ1) is 12.8. The number of hydrogen-bond acceptors (Lipinski definition) is 4. The van der Waals surface area contributed by atoms with Gasteiger partial charge in [0.2, 0.25) is 5.91 Å². The predicted molar refractivity (Wildman–Crippen MR) is 102 cm³/mol. The summed E-state index contributed by atoms with van der Waals surface area (Å²) in [6, 6.07) is 9.52. The first kappa shape index (κ1) is 19.7. The maximum absolute atomic E-state index is 13.2. The van der Waals surface area contributed by atoms with Gasteiger partial charge in [-0.2, -0.15) is 0 Å². The van der Waals surface area contributed by atoms with Crippen LogP contribution in [0, 0.1) is 0 Å². The Kier molecular flexibility index (Phi) is 6.05. The minimum Gasteiger partial charge on any atom is -0.444 e. The van der Waals surface area contributed by atoms with Crippen molar-refractivity contribution in [3.63, 3.8) is 0 Å². The van der Waals surface area contributed by atoms with Gasteiger partial charge in [0.15, 0.2) is 0 Å². The van der Waals surface area contributed by atoms with Crippen molar-refractivity contribution in [2.24, 2.45) is 0 Å². The van der Waals surface area contributed by atoms with Crippen LogP contribution in [0.1, 0.15) is 51.7 Å². The number of hydrogen-bond donors (Lipinski definition) is 0. The standard InChI is InChI=1S/C21H30N2O4/c1-21(2,3)27-20(25)23-12-8-7-11-17(23)19(24)22-13-14-26-18(15-22)16-9-5-4-6-10-16/h4-6,9-10,17-18H,7-8,11-15H2,1-3H3/t17-,18+/m0/s1. The predicted octanol–water partition coefficient (Wildman–Crippen LogP) is 3.38. The number of morpholine rings is 1. The fourth-order valence-corrected chi connectivity index (χ4v) is 3.66. The molecule has 2 fully saturated rings. The minimum atomic E-state index is -0.570. The zero-order chi connectivity index (χ0) is 19.4. The summed E-state index contributed by atoms with van der Waals surface area (Å²) in [5, 5.41) is 0. The van der Waals surface area contributed by atoms with Crippen molar-refractivity contribution >= 4 is 12.0 Å². The molecule has 0 N–H and O–H groups in total. The van der Waals surface area contributed by atoms with E-state index in [4.69, 9.17) is 9.47 Å². The smallest absolute Gasteiger partial charge is 0.410 e. The molecule has 0 aromatic heterocycles. The fraction of sp³-hybridized carbons (Fsp3) is 0.619. The molecule has 2 aliphatic heterocycles. The molecule has 2 heterocycles. The summed E-state index contributed by atoms with van der Waals surface area (Å²) in [7, 11) is 0. The van der Waals surface area contributed by atoms with Crippen molar-refractivity contribution in [1.29, 1.82) is 0 Å². The van der Waals surface area contributed by atoms with Crippen LogP contribution in [0.25, 0.3) is 0 Å². The third-order valence-electron chi connectivity index (χ3n) is 4.97. The van der Waals surface area contributed by atoms with Crippen molar-refractivity contribution in [3.05, 3.63) is 35.9 Å². The molecule has 0 unspecified atom stereocenters. The topological polar surface area (TPSA) is 59.1 Å². The normalized spacial score (nSPS) is 23.8. The Balaban J connectivity index is 1.69. The van der Waals surface area contributed by atoms with E-state index in [1.54, 1.807) is 4.90 Å². The van der Waals surface area contributed by atoms with Gasteiger partial charge in [0.1, 0.15) is 17.7 Å². The van der Waals surface area contributed by atoms with E-state index in [-0.39, 0.29) is 12.0 Å².